The van der Waals surface area contributed by atoms with Crippen LogP contribution in [0.3, 0.4) is 0 Å². The molecule has 20 heavy (non-hydrogen) atoms. The largest absolute Gasteiger partial charge is 0.314 e. The van der Waals surface area contributed by atoms with Gasteiger partial charge in [-0.3, -0.25) is 4.98 Å². The third-order valence-corrected chi connectivity index (χ3v) is 4.79. The molecule has 1 aromatic rings. The number of pyridine rings is 1. The van der Waals surface area contributed by atoms with Gasteiger partial charge in [-0.1, -0.05) is 27.2 Å². The SMILES string of the molecule is CC(C)(C)C1CCCC(NCCc2ccncc2)CC1. The highest BCUT2D eigenvalue weighted by atomic mass is 14.9. The zero-order chi connectivity index (χ0) is 14.4. The summed E-state index contributed by atoms with van der Waals surface area (Å²) in [6.07, 6.45) is 11.8. The normalized spacial score (nSPS) is 24.4. The van der Waals surface area contributed by atoms with Crippen LogP contribution >= 0.6 is 0 Å². The summed E-state index contributed by atoms with van der Waals surface area (Å²) in [4.78, 5) is 4.07. The molecule has 1 aliphatic rings. The van der Waals surface area contributed by atoms with E-state index in [0.29, 0.717) is 5.41 Å². The quantitative estimate of drug-likeness (QED) is 0.832. The Bertz CT molecular complexity index is 380. The fourth-order valence-corrected chi connectivity index (χ4v) is 3.34. The Hall–Kier alpha value is -0.890. The van der Waals surface area contributed by atoms with E-state index in [2.05, 4.69) is 43.2 Å². The summed E-state index contributed by atoms with van der Waals surface area (Å²) in [5.41, 5.74) is 1.86. The van der Waals surface area contributed by atoms with Gasteiger partial charge in [-0.2, -0.15) is 0 Å². The van der Waals surface area contributed by atoms with E-state index >= 15 is 0 Å². The van der Waals surface area contributed by atoms with Crippen molar-refractivity contribution in [1.82, 2.24) is 10.3 Å². The van der Waals surface area contributed by atoms with Crippen LogP contribution in [0.25, 0.3) is 0 Å². The van der Waals surface area contributed by atoms with Crippen molar-refractivity contribution in [2.75, 3.05) is 6.54 Å². The van der Waals surface area contributed by atoms with Gasteiger partial charge in [0.05, 0.1) is 0 Å². The molecule has 1 N–H and O–H groups in total. The molecule has 0 saturated heterocycles. The highest BCUT2D eigenvalue weighted by Gasteiger charge is 2.27. The number of nitrogens with one attached hydrogen (secondary N) is 1. The second-order valence-electron chi connectivity index (χ2n) is 7.33. The molecule has 0 radical (unpaired) electrons. The zero-order valence-corrected chi connectivity index (χ0v) is 13.4. The molecule has 1 aliphatic carbocycles. The topological polar surface area (TPSA) is 24.9 Å². The summed E-state index contributed by atoms with van der Waals surface area (Å²) >= 11 is 0. The molecule has 1 aromatic heterocycles. The summed E-state index contributed by atoms with van der Waals surface area (Å²) < 4.78 is 0. The Morgan fingerprint density at radius 2 is 1.85 bits per heavy atom. The predicted octanol–water partition coefficient (Wildman–Crippen LogP) is 4.21. The van der Waals surface area contributed by atoms with Gasteiger partial charge >= 0.3 is 0 Å². The van der Waals surface area contributed by atoms with E-state index in [0.717, 1.165) is 24.9 Å². The van der Waals surface area contributed by atoms with Crippen molar-refractivity contribution in [3.63, 3.8) is 0 Å². The lowest BCUT2D eigenvalue weighted by Crippen LogP contribution is -2.30. The zero-order valence-electron chi connectivity index (χ0n) is 13.4. The maximum Gasteiger partial charge on any atom is 0.0270 e. The smallest absolute Gasteiger partial charge is 0.0270 e. The van der Waals surface area contributed by atoms with Crippen molar-refractivity contribution in [1.29, 1.82) is 0 Å². The van der Waals surface area contributed by atoms with Gasteiger partial charge in [-0.05, 0) is 67.7 Å². The van der Waals surface area contributed by atoms with E-state index in [4.69, 9.17) is 0 Å². The third kappa shape index (κ3) is 4.90. The van der Waals surface area contributed by atoms with Crippen molar-refractivity contribution in [3.05, 3.63) is 30.1 Å². The van der Waals surface area contributed by atoms with Gasteiger partial charge < -0.3 is 5.32 Å². The number of rotatable bonds is 4. The van der Waals surface area contributed by atoms with Crippen LogP contribution in [-0.4, -0.2) is 17.6 Å². The lowest BCUT2D eigenvalue weighted by molar-refractivity contribution is 0.213. The van der Waals surface area contributed by atoms with Crippen LogP contribution in [0.1, 0.15) is 58.4 Å². The molecule has 0 aliphatic heterocycles. The first-order valence-corrected chi connectivity index (χ1v) is 8.18. The minimum atomic E-state index is 0.478. The average Bonchev–Trinajstić information content (AvgIpc) is 2.65. The van der Waals surface area contributed by atoms with Crippen LogP contribution in [-0.2, 0) is 6.42 Å². The number of hydrogen-bond acceptors (Lipinski definition) is 2. The standard InChI is InChI=1S/C18H30N2/c1-18(2,3)16-5-4-6-17(8-7-16)20-14-11-15-9-12-19-13-10-15/h9-10,12-13,16-17,20H,4-8,11,14H2,1-3H3. The van der Waals surface area contributed by atoms with Crippen molar-refractivity contribution in [2.45, 2.75) is 65.3 Å². The first-order valence-electron chi connectivity index (χ1n) is 8.18. The van der Waals surface area contributed by atoms with Crippen molar-refractivity contribution in [3.8, 4) is 0 Å². The Morgan fingerprint density at radius 1 is 1.10 bits per heavy atom. The van der Waals surface area contributed by atoms with Gasteiger partial charge in [-0.25, -0.2) is 0 Å². The first kappa shape index (κ1) is 15.5. The van der Waals surface area contributed by atoms with E-state index in [9.17, 15) is 0 Å². The fraction of sp³-hybridized carbons (Fsp3) is 0.722. The van der Waals surface area contributed by atoms with Gasteiger partial charge in [0.2, 0.25) is 0 Å². The summed E-state index contributed by atoms with van der Waals surface area (Å²) in [7, 11) is 0. The van der Waals surface area contributed by atoms with Crippen LogP contribution in [0.2, 0.25) is 0 Å². The molecule has 2 heteroatoms. The molecule has 1 heterocycles. The van der Waals surface area contributed by atoms with Crippen LogP contribution < -0.4 is 5.32 Å². The molecule has 2 rings (SSSR count). The van der Waals surface area contributed by atoms with Crippen molar-refractivity contribution < 1.29 is 0 Å². The second-order valence-corrected chi connectivity index (χ2v) is 7.33. The molecule has 112 valence electrons. The summed E-state index contributed by atoms with van der Waals surface area (Å²) in [5.74, 6) is 0.898. The molecule has 0 bridgehead atoms. The lowest BCUT2D eigenvalue weighted by atomic mass is 9.76. The highest BCUT2D eigenvalue weighted by molar-refractivity contribution is 5.09. The van der Waals surface area contributed by atoms with Crippen LogP contribution in [0.4, 0.5) is 0 Å². The summed E-state index contributed by atoms with van der Waals surface area (Å²) in [6.45, 7) is 8.29. The molecule has 1 fully saturated rings. The average molecular weight is 274 g/mol. The maximum absolute atomic E-state index is 4.07. The first-order chi connectivity index (χ1) is 9.55. The van der Waals surface area contributed by atoms with Gasteiger partial charge in [0.15, 0.2) is 0 Å². The molecule has 2 nitrogen and oxygen atoms in total. The maximum atomic E-state index is 4.07. The Morgan fingerprint density at radius 3 is 2.55 bits per heavy atom. The van der Waals surface area contributed by atoms with E-state index in [-0.39, 0.29) is 0 Å². The molecule has 0 spiro atoms. The van der Waals surface area contributed by atoms with Gasteiger partial charge in [0.1, 0.15) is 0 Å². The molecule has 2 unspecified atom stereocenters. The minimum absolute atomic E-state index is 0.478. The summed E-state index contributed by atoms with van der Waals surface area (Å²) in [6, 6.07) is 4.96. The van der Waals surface area contributed by atoms with Crippen LogP contribution in [0.15, 0.2) is 24.5 Å². The van der Waals surface area contributed by atoms with Gasteiger partial charge in [0, 0.05) is 18.4 Å². The van der Waals surface area contributed by atoms with Gasteiger partial charge in [0.25, 0.3) is 0 Å². The molecular weight excluding hydrogens is 244 g/mol. The molecule has 1 saturated carbocycles. The fourth-order valence-electron chi connectivity index (χ4n) is 3.34. The third-order valence-electron chi connectivity index (χ3n) is 4.79. The number of nitrogens with zero attached hydrogens (tertiary/aromatic N) is 1. The molecule has 2 atom stereocenters. The summed E-state index contributed by atoms with van der Waals surface area (Å²) in [5, 5.41) is 3.76. The second kappa shape index (κ2) is 7.21. The van der Waals surface area contributed by atoms with E-state index < -0.39 is 0 Å². The minimum Gasteiger partial charge on any atom is -0.314 e. The molecule has 0 aromatic carbocycles. The Kier molecular flexibility index (Phi) is 5.59. The molecule has 0 amide bonds. The predicted molar refractivity (Wildman–Crippen MR) is 85.8 cm³/mol. The van der Waals surface area contributed by atoms with E-state index in [1.54, 1.807) is 0 Å². The van der Waals surface area contributed by atoms with Gasteiger partial charge in [-0.15, -0.1) is 0 Å². The number of aromatic nitrogens is 1. The monoisotopic (exact) mass is 274 g/mol. The highest BCUT2D eigenvalue weighted by Crippen LogP contribution is 2.36. The Balaban J connectivity index is 1.72. The van der Waals surface area contributed by atoms with Crippen molar-refractivity contribution in [2.24, 2.45) is 11.3 Å². The lowest BCUT2D eigenvalue weighted by Gasteiger charge is -2.29. The van der Waals surface area contributed by atoms with E-state index in [1.807, 2.05) is 12.4 Å². The Labute approximate surface area is 124 Å². The van der Waals surface area contributed by atoms with Crippen LogP contribution in [0, 0.1) is 11.3 Å². The van der Waals surface area contributed by atoms with Crippen molar-refractivity contribution >= 4 is 0 Å². The van der Waals surface area contributed by atoms with E-state index in [1.165, 1.54) is 37.7 Å². The molecular formula is C18H30N2. The van der Waals surface area contributed by atoms with Crippen LogP contribution in [0.5, 0.6) is 0 Å². The number of hydrogen-bond donors (Lipinski definition) is 1.